The van der Waals surface area contributed by atoms with E-state index in [4.69, 9.17) is 4.74 Å². The van der Waals surface area contributed by atoms with E-state index < -0.39 is 30.8 Å². The first kappa shape index (κ1) is 19.0. The Balaban J connectivity index is 2.90. The normalized spacial score (nSPS) is 13.9. The summed E-state index contributed by atoms with van der Waals surface area (Å²) in [5, 5.41) is 0. The maximum absolute atomic E-state index is 13.3. The van der Waals surface area contributed by atoms with Gasteiger partial charge in [0.25, 0.3) is 0 Å². The highest BCUT2D eigenvalue weighted by Gasteiger charge is 2.45. The van der Waals surface area contributed by atoms with Gasteiger partial charge < -0.3 is 9.47 Å². The van der Waals surface area contributed by atoms with E-state index in [0.717, 1.165) is 0 Å². The van der Waals surface area contributed by atoms with Gasteiger partial charge in [0, 0.05) is 5.92 Å². The van der Waals surface area contributed by atoms with Crippen molar-refractivity contribution in [2.75, 3.05) is 13.2 Å². The van der Waals surface area contributed by atoms with Gasteiger partial charge in [-0.25, -0.2) is 4.79 Å². The number of ether oxygens (including phenoxy) is 2. The molecule has 1 aromatic carbocycles. The van der Waals surface area contributed by atoms with Gasteiger partial charge in [0.15, 0.2) is 6.10 Å². The largest absolute Gasteiger partial charge is 0.463 e. The molecule has 0 amide bonds. The molecule has 0 aliphatic rings. The van der Waals surface area contributed by atoms with Crippen molar-refractivity contribution in [1.82, 2.24) is 0 Å². The van der Waals surface area contributed by atoms with Crippen molar-refractivity contribution in [3.63, 3.8) is 0 Å². The molecule has 1 rings (SSSR count). The van der Waals surface area contributed by atoms with E-state index in [0.29, 0.717) is 5.56 Å². The van der Waals surface area contributed by atoms with Gasteiger partial charge in [-0.05, 0) is 12.5 Å². The second kappa shape index (κ2) is 8.53. The number of halogens is 3. The molecule has 2 atom stereocenters. The monoisotopic (exact) mass is 328 g/mol. The maximum Gasteiger partial charge on any atom is 0.415 e. The Bertz CT molecular complexity index is 538. The number of hydrogen-bond donors (Lipinski definition) is 0. The maximum atomic E-state index is 13.3. The van der Waals surface area contributed by atoms with Crippen molar-refractivity contribution in [3.05, 3.63) is 60.7 Å². The highest BCUT2D eigenvalue weighted by atomic mass is 19.4. The number of benzene rings is 1. The molecule has 0 saturated carbocycles. The Morgan fingerprint density at radius 3 is 2.39 bits per heavy atom. The summed E-state index contributed by atoms with van der Waals surface area (Å²) >= 11 is 0. The lowest BCUT2D eigenvalue weighted by molar-refractivity contribution is -0.221. The molecule has 0 saturated heterocycles. The fraction of sp³-hybridized carbons (Fsp3) is 0.353. The molecule has 0 fully saturated rings. The third kappa shape index (κ3) is 5.56. The van der Waals surface area contributed by atoms with Crippen molar-refractivity contribution in [1.29, 1.82) is 0 Å². The summed E-state index contributed by atoms with van der Waals surface area (Å²) in [6, 6.07) is 8.10. The van der Waals surface area contributed by atoms with E-state index in [-0.39, 0.29) is 12.2 Å². The molecule has 0 aliphatic carbocycles. The molecule has 3 nitrogen and oxygen atoms in total. The molecule has 6 heteroatoms. The van der Waals surface area contributed by atoms with E-state index in [9.17, 15) is 18.0 Å². The molecule has 0 aliphatic heterocycles. The molecule has 0 radical (unpaired) electrons. The van der Waals surface area contributed by atoms with E-state index in [1.54, 1.807) is 37.3 Å². The van der Waals surface area contributed by atoms with Crippen LogP contribution in [0, 0.1) is 0 Å². The third-order valence-corrected chi connectivity index (χ3v) is 3.09. The summed E-state index contributed by atoms with van der Waals surface area (Å²) in [6.45, 7) is 7.99. The molecular formula is C17H19F3O3. The lowest BCUT2D eigenvalue weighted by Gasteiger charge is -2.27. The average Bonchev–Trinajstić information content (AvgIpc) is 2.51. The quantitative estimate of drug-likeness (QED) is 0.411. The topological polar surface area (TPSA) is 35.5 Å². The summed E-state index contributed by atoms with van der Waals surface area (Å²) in [7, 11) is 0. The molecule has 1 aromatic rings. The van der Waals surface area contributed by atoms with Crippen LogP contribution in [0.2, 0.25) is 0 Å². The molecule has 0 heterocycles. The summed E-state index contributed by atoms with van der Waals surface area (Å²) in [4.78, 5) is 11.4. The van der Waals surface area contributed by atoms with Crippen LogP contribution in [0.15, 0.2) is 55.1 Å². The standard InChI is InChI=1S/C17H19F3O3/c1-4-14(13-9-7-6-8-10-13)15(17(18,19)20)23-11-12(3)16(21)22-5-2/h4,6-10,14-15H,1,3,5,11H2,2H3. The summed E-state index contributed by atoms with van der Waals surface area (Å²) in [6.07, 6.45) is -5.57. The first-order valence-corrected chi connectivity index (χ1v) is 7.02. The molecule has 126 valence electrons. The van der Waals surface area contributed by atoms with Crippen LogP contribution in [0.5, 0.6) is 0 Å². The van der Waals surface area contributed by atoms with Crippen molar-refractivity contribution in [2.45, 2.75) is 25.1 Å². The SMILES string of the molecule is C=CC(c1ccccc1)C(OCC(=C)C(=O)OCC)C(F)(F)F. The van der Waals surface area contributed by atoms with Gasteiger partial charge in [-0.15, -0.1) is 6.58 Å². The number of rotatable bonds is 8. The number of carbonyl (C=O) groups excluding carboxylic acids is 1. The highest BCUT2D eigenvalue weighted by Crippen LogP contribution is 2.35. The van der Waals surface area contributed by atoms with Gasteiger partial charge in [-0.2, -0.15) is 13.2 Å². The van der Waals surface area contributed by atoms with Gasteiger partial charge in [0.1, 0.15) is 0 Å². The second-order valence-corrected chi connectivity index (χ2v) is 4.77. The lowest BCUT2D eigenvalue weighted by Crippen LogP contribution is -2.37. The first-order chi connectivity index (χ1) is 10.8. The van der Waals surface area contributed by atoms with Crippen LogP contribution in [0.4, 0.5) is 13.2 Å². The predicted molar refractivity (Wildman–Crippen MR) is 80.9 cm³/mol. The zero-order chi connectivity index (χ0) is 17.5. The first-order valence-electron chi connectivity index (χ1n) is 7.02. The molecule has 0 spiro atoms. The number of carbonyl (C=O) groups is 1. The van der Waals surface area contributed by atoms with E-state index in [2.05, 4.69) is 17.9 Å². The fourth-order valence-electron chi connectivity index (χ4n) is 1.99. The van der Waals surface area contributed by atoms with Crippen molar-refractivity contribution in [3.8, 4) is 0 Å². The third-order valence-electron chi connectivity index (χ3n) is 3.09. The second-order valence-electron chi connectivity index (χ2n) is 4.77. The predicted octanol–water partition coefficient (Wildman–Crippen LogP) is 4.02. The van der Waals surface area contributed by atoms with Gasteiger partial charge in [-0.3, -0.25) is 0 Å². The minimum Gasteiger partial charge on any atom is -0.463 e. The Morgan fingerprint density at radius 1 is 1.30 bits per heavy atom. The van der Waals surface area contributed by atoms with Crippen LogP contribution < -0.4 is 0 Å². The minimum absolute atomic E-state index is 0.111. The zero-order valence-electron chi connectivity index (χ0n) is 12.8. The number of hydrogen-bond acceptors (Lipinski definition) is 3. The van der Waals surface area contributed by atoms with E-state index in [1.807, 2.05) is 0 Å². The van der Waals surface area contributed by atoms with Crippen molar-refractivity contribution in [2.24, 2.45) is 0 Å². The minimum atomic E-state index is -4.62. The molecule has 0 aromatic heterocycles. The number of alkyl halides is 3. The van der Waals surface area contributed by atoms with Gasteiger partial charge in [0.2, 0.25) is 0 Å². The Kier molecular flexibility index (Phi) is 7.03. The van der Waals surface area contributed by atoms with Crippen LogP contribution in [-0.4, -0.2) is 31.5 Å². The van der Waals surface area contributed by atoms with Crippen molar-refractivity contribution < 1.29 is 27.4 Å². The molecule has 0 N–H and O–H groups in total. The van der Waals surface area contributed by atoms with Crippen LogP contribution in [0.25, 0.3) is 0 Å². The highest BCUT2D eigenvalue weighted by molar-refractivity contribution is 5.87. The van der Waals surface area contributed by atoms with Gasteiger partial charge in [-0.1, -0.05) is 43.0 Å². The lowest BCUT2D eigenvalue weighted by atomic mass is 9.93. The fourth-order valence-corrected chi connectivity index (χ4v) is 1.99. The summed E-state index contributed by atoms with van der Waals surface area (Å²) in [5.41, 5.74) is 0.253. The van der Waals surface area contributed by atoms with Crippen LogP contribution >= 0.6 is 0 Å². The molecular weight excluding hydrogens is 309 g/mol. The van der Waals surface area contributed by atoms with Crippen LogP contribution in [-0.2, 0) is 14.3 Å². The molecule has 0 bridgehead atoms. The Labute approximate surface area is 133 Å². The average molecular weight is 328 g/mol. The smallest absolute Gasteiger partial charge is 0.415 e. The van der Waals surface area contributed by atoms with Gasteiger partial charge in [0.05, 0.1) is 18.8 Å². The summed E-state index contributed by atoms with van der Waals surface area (Å²) < 4.78 is 49.6. The van der Waals surface area contributed by atoms with E-state index in [1.165, 1.54) is 6.08 Å². The van der Waals surface area contributed by atoms with Crippen molar-refractivity contribution >= 4 is 5.97 Å². The van der Waals surface area contributed by atoms with Crippen LogP contribution in [0.3, 0.4) is 0 Å². The summed E-state index contributed by atoms with van der Waals surface area (Å²) in [5.74, 6) is -1.87. The molecule has 2 unspecified atom stereocenters. The zero-order valence-corrected chi connectivity index (χ0v) is 12.8. The number of esters is 1. The van der Waals surface area contributed by atoms with Gasteiger partial charge >= 0.3 is 12.1 Å². The Hall–Kier alpha value is -2.08. The Morgan fingerprint density at radius 2 is 1.91 bits per heavy atom. The molecule has 23 heavy (non-hydrogen) atoms. The van der Waals surface area contributed by atoms with Crippen LogP contribution in [0.1, 0.15) is 18.4 Å². The van der Waals surface area contributed by atoms with E-state index >= 15 is 0 Å².